The Kier molecular flexibility index (Phi) is 7.74. The summed E-state index contributed by atoms with van der Waals surface area (Å²) in [6.07, 6.45) is 0. The number of rotatable bonds is 8. The lowest BCUT2D eigenvalue weighted by Crippen LogP contribution is -2.45. The molecule has 0 radical (unpaired) electrons. The molecule has 5 nitrogen and oxygen atoms in total. The van der Waals surface area contributed by atoms with E-state index in [-0.39, 0.29) is 5.97 Å². The summed E-state index contributed by atoms with van der Waals surface area (Å²) < 4.78 is 11.3. The van der Waals surface area contributed by atoms with Crippen molar-refractivity contribution >= 4 is 5.97 Å². The summed E-state index contributed by atoms with van der Waals surface area (Å²) in [4.78, 5) is 17.2. The average Bonchev–Trinajstić information content (AvgIpc) is 2.73. The van der Waals surface area contributed by atoms with Crippen molar-refractivity contribution < 1.29 is 14.3 Å². The Balaban J connectivity index is 1.58. The van der Waals surface area contributed by atoms with Gasteiger partial charge in [-0.05, 0) is 56.9 Å². The van der Waals surface area contributed by atoms with Gasteiger partial charge in [-0.25, -0.2) is 4.79 Å². The van der Waals surface area contributed by atoms with Crippen LogP contribution in [0.1, 0.15) is 43.0 Å². The van der Waals surface area contributed by atoms with Crippen LogP contribution in [0.5, 0.6) is 5.75 Å². The predicted octanol–water partition coefficient (Wildman–Crippen LogP) is 4.34. The SMILES string of the molecule is CCOC(=O)C(C)(C)Oc1c(C)cc(CN2CCN(Cc3ccccc3)CC2)cc1C. The van der Waals surface area contributed by atoms with Crippen LogP contribution in [0.4, 0.5) is 0 Å². The maximum atomic E-state index is 12.2. The van der Waals surface area contributed by atoms with Crippen molar-refractivity contribution in [1.82, 2.24) is 9.80 Å². The van der Waals surface area contributed by atoms with Crippen molar-refractivity contribution in [2.24, 2.45) is 0 Å². The third kappa shape index (κ3) is 6.31. The van der Waals surface area contributed by atoms with Crippen LogP contribution in [0.25, 0.3) is 0 Å². The van der Waals surface area contributed by atoms with Crippen LogP contribution < -0.4 is 4.74 Å². The van der Waals surface area contributed by atoms with Gasteiger partial charge in [0.15, 0.2) is 5.60 Å². The lowest BCUT2D eigenvalue weighted by molar-refractivity contribution is -0.158. The third-order valence-electron chi connectivity index (χ3n) is 5.76. The molecule has 0 unspecified atom stereocenters. The number of hydrogen-bond donors (Lipinski definition) is 0. The summed E-state index contributed by atoms with van der Waals surface area (Å²) in [5, 5.41) is 0. The van der Waals surface area contributed by atoms with Crippen molar-refractivity contribution in [3.8, 4) is 5.75 Å². The second kappa shape index (κ2) is 10.3. The van der Waals surface area contributed by atoms with E-state index in [0.717, 1.165) is 56.1 Å². The molecule has 0 saturated carbocycles. The molecule has 1 fully saturated rings. The van der Waals surface area contributed by atoms with Gasteiger partial charge >= 0.3 is 5.97 Å². The van der Waals surface area contributed by atoms with Crippen molar-refractivity contribution in [2.45, 2.75) is 53.3 Å². The molecule has 168 valence electrons. The van der Waals surface area contributed by atoms with Gasteiger partial charge < -0.3 is 9.47 Å². The minimum absolute atomic E-state index is 0.341. The van der Waals surface area contributed by atoms with Gasteiger partial charge in [0.25, 0.3) is 0 Å². The van der Waals surface area contributed by atoms with E-state index in [0.29, 0.717) is 6.61 Å². The molecule has 0 N–H and O–H groups in total. The molecule has 0 amide bonds. The van der Waals surface area contributed by atoms with Crippen LogP contribution in [0.15, 0.2) is 42.5 Å². The monoisotopic (exact) mass is 424 g/mol. The van der Waals surface area contributed by atoms with E-state index in [4.69, 9.17) is 9.47 Å². The van der Waals surface area contributed by atoms with E-state index < -0.39 is 5.60 Å². The highest BCUT2D eigenvalue weighted by molar-refractivity contribution is 5.79. The van der Waals surface area contributed by atoms with Crippen LogP contribution in [0.2, 0.25) is 0 Å². The zero-order valence-corrected chi connectivity index (χ0v) is 19.6. The number of piperazine rings is 1. The van der Waals surface area contributed by atoms with Gasteiger partial charge in [-0.3, -0.25) is 9.80 Å². The number of ether oxygens (including phenoxy) is 2. The molecule has 0 atom stereocenters. The molecule has 0 aliphatic carbocycles. The second-order valence-electron chi connectivity index (χ2n) is 8.93. The topological polar surface area (TPSA) is 42.0 Å². The fraction of sp³-hybridized carbons (Fsp3) is 0.500. The van der Waals surface area contributed by atoms with Crippen molar-refractivity contribution in [1.29, 1.82) is 0 Å². The van der Waals surface area contributed by atoms with E-state index in [9.17, 15) is 4.79 Å². The Bertz CT molecular complexity index is 848. The number of nitrogens with zero attached hydrogens (tertiary/aromatic N) is 2. The maximum Gasteiger partial charge on any atom is 0.349 e. The average molecular weight is 425 g/mol. The molecule has 1 saturated heterocycles. The lowest BCUT2D eigenvalue weighted by atomic mass is 10.0. The molecule has 1 heterocycles. The molecule has 1 aliphatic heterocycles. The second-order valence-corrected chi connectivity index (χ2v) is 8.93. The zero-order valence-electron chi connectivity index (χ0n) is 19.6. The van der Waals surface area contributed by atoms with Crippen LogP contribution in [0.3, 0.4) is 0 Å². The van der Waals surface area contributed by atoms with E-state index in [1.807, 2.05) is 13.8 Å². The molecule has 31 heavy (non-hydrogen) atoms. The summed E-state index contributed by atoms with van der Waals surface area (Å²) >= 11 is 0. The summed E-state index contributed by atoms with van der Waals surface area (Å²) in [6, 6.07) is 15.0. The lowest BCUT2D eigenvalue weighted by Gasteiger charge is -2.35. The molecular formula is C26H36N2O3. The molecule has 0 aromatic heterocycles. The third-order valence-corrected chi connectivity index (χ3v) is 5.76. The number of hydrogen-bond acceptors (Lipinski definition) is 5. The smallest absolute Gasteiger partial charge is 0.349 e. The Morgan fingerprint density at radius 1 is 0.903 bits per heavy atom. The van der Waals surface area contributed by atoms with Crippen LogP contribution in [0, 0.1) is 13.8 Å². The molecule has 5 heteroatoms. The van der Waals surface area contributed by atoms with Crippen LogP contribution >= 0.6 is 0 Å². The van der Waals surface area contributed by atoms with Gasteiger partial charge in [-0.1, -0.05) is 42.5 Å². The van der Waals surface area contributed by atoms with Gasteiger partial charge in [0.1, 0.15) is 5.75 Å². The Morgan fingerprint density at radius 2 is 1.42 bits per heavy atom. The van der Waals surface area contributed by atoms with Crippen LogP contribution in [-0.2, 0) is 22.6 Å². The fourth-order valence-electron chi connectivity index (χ4n) is 4.10. The highest BCUT2D eigenvalue weighted by Gasteiger charge is 2.32. The van der Waals surface area contributed by atoms with Crippen molar-refractivity contribution in [3.63, 3.8) is 0 Å². The van der Waals surface area contributed by atoms with Gasteiger partial charge in [0.05, 0.1) is 6.61 Å². The standard InChI is InChI=1S/C26H36N2O3/c1-6-30-25(29)26(4,5)31-24-20(2)16-23(17-21(24)3)19-28-14-12-27(13-15-28)18-22-10-8-7-9-11-22/h7-11,16-17H,6,12-15,18-19H2,1-5H3. The molecule has 0 bridgehead atoms. The molecular weight excluding hydrogens is 388 g/mol. The number of carbonyl (C=O) groups excluding carboxylic acids is 1. The molecule has 1 aliphatic rings. The Labute approximate surface area is 187 Å². The van der Waals surface area contributed by atoms with E-state index in [1.165, 1.54) is 11.1 Å². The number of esters is 1. The minimum Gasteiger partial charge on any atom is -0.476 e. The number of carbonyl (C=O) groups is 1. The zero-order chi connectivity index (χ0) is 22.4. The van der Waals surface area contributed by atoms with E-state index >= 15 is 0 Å². The first-order valence-electron chi connectivity index (χ1n) is 11.2. The Hall–Kier alpha value is -2.37. The van der Waals surface area contributed by atoms with Gasteiger partial charge in [0.2, 0.25) is 0 Å². The quantitative estimate of drug-likeness (QED) is 0.590. The molecule has 3 rings (SSSR count). The number of aryl methyl sites for hydroxylation is 2. The first-order valence-corrected chi connectivity index (χ1v) is 11.2. The highest BCUT2D eigenvalue weighted by Crippen LogP contribution is 2.29. The summed E-state index contributed by atoms with van der Waals surface area (Å²) in [6.45, 7) is 16.0. The number of benzene rings is 2. The van der Waals surface area contributed by atoms with Crippen molar-refractivity contribution in [2.75, 3.05) is 32.8 Å². The summed E-state index contributed by atoms with van der Waals surface area (Å²) in [7, 11) is 0. The van der Waals surface area contributed by atoms with E-state index in [1.54, 1.807) is 20.8 Å². The Morgan fingerprint density at radius 3 is 1.94 bits per heavy atom. The first-order chi connectivity index (χ1) is 14.8. The maximum absolute atomic E-state index is 12.2. The van der Waals surface area contributed by atoms with Gasteiger partial charge in [0, 0.05) is 39.3 Å². The summed E-state index contributed by atoms with van der Waals surface area (Å²) in [5.74, 6) is 0.431. The van der Waals surface area contributed by atoms with E-state index in [2.05, 4.69) is 52.3 Å². The van der Waals surface area contributed by atoms with Crippen molar-refractivity contribution in [3.05, 3.63) is 64.7 Å². The predicted molar refractivity (Wildman–Crippen MR) is 124 cm³/mol. The highest BCUT2D eigenvalue weighted by atomic mass is 16.6. The molecule has 2 aromatic rings. The molecule has 0 spiro atoms. The van der Waals surface area contributed by atoms with Gasteiger partial charge in [-0.2, -0.15) is 0 Å². The van der Waals surface area contributed by atoms with Gasteiger partial charge in [-0.15, -0.1) is 0 Å². The van der Waals surface area contributed by atoms with Crippen LogP contribution in [-0.4, -0.2) is 54.2 Å². The molecule has 2 aromatic carbocycles. The normalized spacial score (nSPS) is 15.6. The largest absolute Gasteiger partial charge is 0.476 e. The first kappa shape index (κ1) is 23.3. The minimum atomic E-state index is -1.01. The fourth-order valence-corrected chi connectivity index (χ4v) is 4.10. The summed E-state index contributed by atoms with van der Waals surface area (Å²) in [5.41, 5.74) is 3.75.